The number of ether oxygens (including phenoxy) is 1. The quantitative estimate of drug-likeness (QED) is 0.360. The summed E-state index contributed by atoms with van der Waals surface area (Å²) in [6.07, 6.45) is 2.81. The van der Waals surface area contributed by atoms with Crippen molar-refractivity contribution in [3.63, 3.8) is 0 Å². The van der Waals surface area contributed by atoms with Gasteiger partial charge in [-0.1, -0.05) is 51.8 Å². The van der Waals surface area contributed by atoms with E-state index in [4.69, 9.17) is 27.9 Å². The topological polar surface area (TPSA) is 75.7 Å². The van der Waals surface area contributed by atoms with Crippen molar-refractivity contribution in [3.8, 4) is 5.75 Å². The van der Waals surface area contributed by atoms with Crippen LogP contribution in [0.1, 0.15) is 5.56 Å². The predicted octanol–water partition coefficient (Wildman–Crippen LogP) is 4.99. The summed E-state index contributed by atoms with van der Waals surface area (Å²) in [5.41, 5.74) is 0.351. The second kappa shape index (κ2) is 8.82. The molecule has 148 valence electrons. The maximum Gasteiger partial charge on any atom is 0.335 e. The zero-order valence-electron chi connectivity index (χ0n) is 14.7. The Bertz CT molecular complexity index is 1050. The molecule has 0 radical (unpaired) electrons. The Morgan fingerprint density at radius 3 is 2.48 bits per heavy atom. The van der Waals surface area contributed by atoms with Crippen molar-refractivity contribution in [2.45, 2.75) is 0 Å². The lowest BCUT2D eigenvalue weighted by Gasteiger charge is -2.26. The number of carbonyl (C=O) groups is 3. The van der Waals surface area contributed by atoms with Crippen LogP contribution >= 0.6 is 39.1 Å². The number of imide groups is 2. The zero-order chi connectivity index (χ0) is 21.1. The molecule has 1 fully saturated rings. The molecule has 0 bridgehead atoms. The van der Waals surface area contributed by atoms with Crippen LogP contribution in [0.25, 0.3) is 6.08 Å². The first-order valence-corrected chi connectivity index (χ1v) is 9.76. The van der Waals surface area contributed by atoms with Crippen LogP contribution in [0.15, 0.2) is 59.1 Å². The van der Waals surface area contributed by atoms with Gasteiger partial charge in [-0.2, -0.15) is 0 Å². The van der Waals surface area contributed by atoms with Crippen LogP contribution in [0.5, 0.6) is 5.75 Å². The average Bonchev–Trinajstić information content (AvgIpc) is 2.65. The van der Waals surface area contributed by atoms with Gasteiger partial charge in [-0.3, -0.25) is 14.9 Å². The molecule has 6 nitrogen and oxygen atoms in total. The Labute approximate surface area is 184 Å². The summed E-state index contributed by atoms with van der Waals surface area (Å²) < 4.78 is 6.32. The van der Waals surface area contributed by atoms with E-state index in [0.29, 0.717) is 11.3 Å². The smallest absolute Gasteiger partial charge is 0.335 e. The molecule has 0 aliphatic carbocycles. The molecule has 2 aromatic rings. The van der Waals surface area contributed by atoms with Crippen LogP contribution in [-0.2, 0) is 9.59 Å². The van der Waals surface area contributed by atoms with Crippen LogP contribution in [0.3, 0.4) is 0 Å². The summed E-state index contributed by atoms with van der Waals surface area (Å²) in [6, 6.07) is 8.63. The SMILES string of the molecule is C=CCOc1c(Cl)cc(Cl)cc1/C=C1\C(=O)NC(=O)N(c2ccc(Br)cc2)C1=O. The summed E-state index contributed by atoms with van der Waals surface area (Å²) in [5.74, 6) is -1.39. The first kappa shape index (κ1) is 21.1. The molecule has 1 saturated heterocycles. The fourth-order valence-electron chi connectivity index (χ4n) is 2.62. The number of urea groups is 1. The Morgan fingerprint density at radius 2 is 1.83 bits per heavy atom. The molecule has 9 heteroatoms. The third kappa shape index (κ3) is 4.53. The van der Waals surface area contributed by atoms with Crippen LogP contribution in [0.2, 0.25) is 10.0 Å². The molecule has 4 amide bonds. The molecule has 0 spiro atoms. The van der Waals surface area contributed by atoms with E-state index in [1.807, 2.05) is 0 Å². The standard InChI is InChI=1S/C20H13BrCl2N2O4/c1-2-7-29-17-11(8-13(22)10-16(17)23)9-15-18(26)24-20(28)25(19(15)27)14-5-3-12(21)4-6-14/h2-6,8-10H,1,7H2,(H,24,26,28)/b15-9+. The molecule has 1 aliphatic heterocycles. The second-order valence-corrected chi connectivity index (χ2v) is 7.60. The second-order valence-electron chi connectivity index (χ2n) is 5.84. The first-order valence-electron chi connectivity index (χ1n) is 8.21. The number of amides is 4. The largest absolute Gasteiger partial charge is 0.487 e. The lowest BCUT2D eigenvalue weighted by Crippen LogP contribution is -2.54. The van der Waals surface area contributed by atoms with Gasteiger partial charge in [0.1, 0.15) is 17.9 Å². The van der Waals surface area contributed by atoms with E-state index in [-0.39, 0.29) is 28.0 Å². The number of benzene rings is 2. The molecule has 3 rings (SSSR count). The highest BCUT2D eigenvalue weighted by molar-refractivity contribution is 9.10. The van der Waals surface area contributed by atoms with Crippen molar-refractivity contribution < 1.29 is 19.1 Å². The number of nitrogens with zero attached hydrogens (tertiary/aromatic N) is 1. The molecule has 1 N–H and O–H groups in total. The van der Waals surface area contributed by atoms with Gasteiger partial charge in [0.25, 0.3) is 11.8 Å². The van der Waals surface area contributed by atoms with Gasteiger partial charge in [-0.15, -0.1) is 0 Å². The summed E-state index contributed by atoms with van der Waals surface area (Å²) in [7, 11) is 0. The molecule has 0 saturated carbocycles. The summed E-state index contributed by atoms with van der Waals surface area (Å²) in [5, 5.41) is 2.65. The fraction of sp³-hybridized carbons (Fsp3) is 0.0500. The molecular weight excluding hydrogens is 483 g/mol. The maximum absolute atomic E-state index is 13.0. The Morgan fingerprint density at radius 1 is 1.14 bits per heavy atom. The molecule has 29 heavy (non-hydrogen) atoms. The normalized spacial score (nSPS) is 15.5. The summed E-state index contributed by atoms with van der Waals surface area (Å²) in [4.78, 5) is 38.5. The van der Waals surface area contributed by atoms with Crippen LogP contribution in [0, 0.1) is 0 Å². The molecule has 0 atom stereocenters. The summed E-state index contributed by atoms with van der Waals surface area (Å²) in [6.45, 7) is 3.73. The lowest BCUT2D eigenvalue weighted by atomic mass is 10.1. The van der Waals surface area contributed by atoms with Crippen molar-refractivity contribution in [1.29, 1.82) is 0 Å². The Kier molecular flexibility index (Phi) is 6.42. The minimum absolute atomic E-state index is 0.154. The van der Waals surface area contributed by atoms with E-state index >= 15 is 0 Å². The Hall–Kier alpha value is -2.61. The highest BCUT2D eigenvalue weighted by atomic mass is 79.9. The summed E-state index contributed by atoms with van der Waals surface area (Å²) >= 11 is 15.6. The van der Waals surface area contributed by atoms with Crippen LogP contribution < -0.4 is 15.0 Å². The lowest BCUT2D eigenvalue weighted by molar-refractivity contribution is -0.122. The van der Waals surface area contributed by atoms with Gasteiger partial charge < -0.3 is 4.74 Å². The molecule has 1 aliphatic rings. The fourth-order valence-corrected chi connectivity index (χ4v) is 3.45. The number of hydrogen-bond donors (Lipinski definition) is 1. The van der Waals surface area contributed by atoms with E-state index in [9.17, 15) is 14.4 Å². The number of rotatable bonds is 5. The molecule has 1 heterocycles. The van der Waals surface area contributed by atoms with E-state index in [2.05, 4.69) is 27.8 Å². The van der Waals surface area contributed by atoms with Crippen molar-refractivity contribution >= 4 is 68.7 Å². The maximum atomic E-state index is 13.0. The minimum atomic E-state index is -0.841. The van der Waals surface area contributed by atoms with E-state index in [0.717, 1.165) is 9.37 Å². The van der Waals surface area contributed by atoms with Crippen LogP contribution in [-0.4, -0.2) is 24.5 Å². The van der Waals surface area contributed by atoms with Crippen molar-refractivity contribution in [1.82, 2.24) is 5.32 Å². The third-order valence-electron chi connectivity index (χ3n) is 3.87. The molecule has 0 aromatic heterocycles. The minimum Gasteiger partial charge on any atom is -0.487 e. The highest BCUT2D eigenvalue weighted by Gasteiger charge is 2.37. The van der Waals surface area contributed by atoms with Gasteiger partial charge in [0.2, 0.25) is 0 Å². The van der Waals surface area contributed by atoms with E-state index in [1.165, 1.54) is 24.3 Å². The highest BCUT2D eigenvalue weighted by Crippen LogP contribution is 2.35. The number of nitrogens with one attached hydrogen (secondary N) is 1. The van der Waals surface area contributed by atoms with Gasteiger partial charge in [0, 0.05) is 15.1 Å². The zero-order valence-corrected chi connectivity index (χ0v) is 17.8. The van der Waals surface area contributed by atoms with Gasteiger partial charge in [0.15, 0.2) is 0 Å². The van der Waals surface area contributed by atoms with Crippen molar-refractivity contribution in [2.24, 2.45) is 0 Å². The number of hydrogen-bond acceptors (Lipinski definition) is 4. The number of anilines is 1. The van der Waals surface area contributed by atoms with Crippen molar-refractivity contribution in [3.05, 3.63) is 74.7 Å². The monoisotopic (exact) mass is 494 g/mol. The Balaban J connectivity index is 2.07. The molecular formula is C20H13BrCl2N2O4. The van der Waals surface area contributed by atoms with Crippen molar-refractivity contribution in [2.75, 3.05) is 11.5 Å². The average molecular weight is 496 g/mol. The first-order chi connectivity index (χ1) is 13.8. The number of carbonyl (C=O) groups excluding carboxylic acids is 3. The molecule has 2 aromatic carbocycles. The number of barbiturate groups is 1. The molecule has 0 unspecified atom stereocenters. The van der Waals surface area contributed by atoms with Gasteiger partial charge in [-0.25, -0.2) is 9.69 Å². The van der Waals surface area contributed by atoms with E-state index < -0.39 is 17.8 Å². The predicted molar refractivity (Wildman–Crippen MR) is 115 cm³/mol. The third-order valence-corrected chi connectivity index (χ3v) is 4.90. The van der Waals surface area contributed by atoms with Gasteiger partial charge in [-0.05, 0) is 42.5 Å². The van der Waals surface area contributed by atoms with Gasteiger partial charge in [0.05, 0.1) is 10.7 Å². The van der Waals surface area contributed by atoms with Gasteiger partial charge >= 0.3 is 6.03 Å². The number of halogens is 3. The van der Waals surface area contributed by atoms with Crippen LogP contribution in [0.4, 0.5) is 10.5 Å². The van der Waals surface area contributed by atoms with E-state index in [1.54, 1.807) is 24.3 Å².